The van der Waals surface area contributed by atoms with Crippen molar-refractivity contribution < 1.29 is 19.2 Å². The molecule has 37 heavy (non-hydrogen) atoms. The number of ether oxygens (including phenoxy) is 1. The van der Waals surface area contributed by atoms with Crippen molar-refractivity contribution >= 4 is 56.0 Å². The highest BCUT2D eigenvalue weighted by atomic mass is 79.9. The number of anilines is 1. The van der Waals surface area contributed by atoms with E-state index in [0.29, 0.717) is 21.2 Å². The number of nitrogens with one attached hydrogen (secondary N) is 1. The van der Waals surface area contributed by atoms with Crippen molar-refractivity contribution in [2.24, 2.45) is 0 Å². The molecule has 9 heteroatoms. The molecule has 0 heterocycles. The summed E-state index contributed by atoms with van der Waals surface area (Å²) in [5.41, 5.74) is 1.38. The van der Waals surface area contributed by atoms with Crippen LogP contribution in [0.4, 0.5) is 11.4 Å². The summed E-state index contributed by atoms with van der Waals surface area (Å²) in [4.78, 5) is 36.0. The van der Waals surface area contributed by atoms with Crippen LogP contribution in [0.5, 0.6) is 5.75 Å². The molecule has 0 fully saturated rings. The van der Waals surface area contributed by atoms with E-state index in [1.807, 2.05) is 36.4 Å². The number of carbonyl (C=O) groups is 2. The molecule has 0 spiro atoms. The molecule has 0 bridgehead atoms. The number of halogens is 1. The number of hydrogen-bond donors (Lipinski definition) is 1. The Bertz CT molecular complexity index is 1630. The Morgan fingerprint density at radius 2 is 1.81 bits per heavy atom. The molecule has 0 aliphatic carbocycles. The molecule has 4 aromatic rings. The fraction of sp³-hybridized carbons (Fsp3) is 0.0357. The van der Waals surface area contributed by atoms with Gasteiger partial charge in [-0.25, -0.2) is 4.79 Å². The number of benzene rings is 4. The Morgan fingerprint density at radius 1 is 1.05 bits per heavy atom. The van der Waals surface area contributed by atoms with Gasteiger partial charge in [-0.05, 0) is 69.0 Å². The molecule has 0 unspecified atom stereocenters. The molecule has 0 aromatic heterocycles. The maximum absolute atomic E-state index is 12.9. The predicted molar refractivity (Wildman–Crippen MR) is 143 cm³/mol. The van der Waals surface area contributed by atoms with Crippen LogP contribution in [0.3, 0.4) is 0 Å². The Morgan fingerprint density at radius 3 is 2.54 bits per heavy atom. The van der Waals surface area contributed by atoms with Crippen LogP contribution in [0.1, 0.15) is 21.5 Å². The van der Waals surface area contributed by atoms with E-state index in [2.05, 4.69) is 21.2 Å². The van der Waals surface area contributed by atoms with E-state index in [0.717, 1.165) is 10.8 Å². The van der Waals surface area contributed by atoms with Crippen molar-refractivity contribution in [3.05, 3.63) is 116 Å². The molecule has 1 amide bonds. The van der Waals surface area contributed by atoms with Gasteiger partial charge in [-0.1, -0.05) is 48.5 Å². The summed E-state index contributed by atoms with van der Waals surface area (Å²) in [7, 11) is 0. The van der Waals surface area contributed by atoms with E-state index in [1.165, 1.54) is 24.3 Å². The lowest BCUT2D eigenvalue weighted by molar-refractivity contribution is -0.384. The lowest BCUT2D eigenvalue weighted by atomic mass is 10.0. The number of nitro benzene ring substituents is 1. The maximum Gasteiger partial charge on any atom is 0.344 e. The molecule has 0 aliphatic heterocycles. The number of hydrogen-bond acceptors (Lipinski definition) is 6. The van der Waals surface area contributed by atoms with Crippen molar-refractivity contribution in [2.75, 3.05) is 5.32 Å². The molecule has 0 atom stereocenters. The zero-order valence-electron chi connectivity index (χ0n) is 19.4. The summed E-state index contributed by atoms with van der Waals surface area (Å²) >= 11 is 3.38. The number of nitrogens with zero attached hydrogens (tertiary/aromatic N) is 2. The molecule has 0 saturated heterocycles. The van der Waals surface area contributed by atoms with Gasteiger partial charge in [0, 0.05) is 12.1 Å². The maximum atomic E-state index is 12.9. The normalized spacial score (nSPS) is 11.0. The first-order valence-electron chi connectivity index (χ1n) is 10.9. The van der Waals surface area contributed by atoms with Crippen LogP contribution in [0, 0.1) is 28.4 Å². The first-order chi connectivity index (χ1) is 17.8. The highest BCUT2D eigenvalue weighted by Gasteiger charge is 2.16. The molecule has 8 nitrogen and oxygen atoms in total. The second-order valence-corrected chi connectivity index (χ2v) is 8.84. The summed E-state index contributed by atoms with van der Waals surface area (Å²) in [5.74, 6) is -0.968. The Hall–Kier alpha value is -4.81. The van der Waals surface area contributed by atoms with Gasteiger partial charge < -0.3 is 10.1 Å². The molecule has 1 N–H and O–H groups in total. The third-order valence-electron chi connectivity index (χ3n) is 5.52. The van der Waals surface area contributed by atoms with E-state index in [-0.39, 0.29) is 22.7 Å². The van der Waals surface area contributed by atoms with Gasteiger partial charge >= 0.3 is 5.97 Å². The van der Waals surface area contributed by atoms with Gasteiger partial charge in [-0.2, -0.15) is 5.26 Å². The Kier molecular flexibility index (Phi) is 7.41. The summed E-state index contributed by atoms with van der Waals surface area (Å²) in [6.45, 7) is 1.68. The average molecular weight is 556 g/mol. The second-order valence-electron chi connectivity index (χ2n) is 7.99. The van der Waals surface area contributed by atoms with E-state index in [1.54, 1.807) is 37.3 Å². The Labute approximate surface area is 220 Å². The lowest BCUT2D eigenvalue weighted by Crippen LogP contribution is -2.14. The number of fused-ring (bicyclic) bond motifs is 1. The molecular formula is C28H18BrN3O5. The second kappa shape index (κ2) is 10.8. The number of amides is 1. The van der Waals surface area contributed by atoms with Crippen molar-refractivity contribution in [1.29, 1.82) is 5.26 Å². The molecule has 0 saturated carbocycles. The summed E-state index contributed by atoms with van der Waals surface area (Å²) in [6.07, 6.45) is 1.36. The number of nitriles is 1. The Balaban J connectivity index is 1.53. The smallest absolute Gasteiger partial charge is 0.344 e. The van der Waals surface area contributed by atoms with Gasteiger partial charge in [0.1, 0.15) is 17.4 Å². The van der Waals surface area contributed by atoms with Crippen LogP contribution in [-0.4, -0.2) is 16.8 Å². The zero-order valence-corrected chi connectivity index (χ0v) is 21.0. The SMILES string of the molecule is Cc1ccc([N+](=O)[O-])cc1NC(=O)/C(C#N)=C/c1ccc(OC(=O)c2cccc3ccccc23)c(Br)c1. The molecule has 4 rings (SSSR count). The van der Waals surface area contributed by atoms with Gasteiger partial charge in [0.25, 0.3) is 11.6 Å². The first-order valence-corrected chi connectivity index (χ1v) is 11.7. The third kappa shape index (κ3) is 5.72. The van der Waals surface area contributed by atoms with Gasteiger partial charge in [0.2, 0.25) is 0 Å². The van der Waals surface area contributed by atoms with Gasteiger partial charge in [-0.3, -0.25) is 14.9 Å². The zero-order chi connectivity index (χ0) is 26.5. The van der Waals surface area contributed by atoms with Crippen molar-refractivity contribution in [3.63, 3.8) is 0 Å². The monoisotopic (exact) mass is 555 g/mol. The number of non-ortho nitro benzene ring substituents is 1. The van der Waals surface area contributed by atoms with Crippen molar-refractivity contribution in [2.45, 2.75) is 6.92 Å². The summed E-state index contributed by atoms with van der Waals surface area (Å²) in [5, 5.41) is 24.8. The highest BCUT2D eigenvalue weighted by molar-refractivity contribution is 9.10. The van der Waals surface area contributed by atoms with Gasteiger partial charge in [-0.15, -0.1) is 0 Å². The minimum absolute atomic E-state index is 0.180. The first kappa shape index (κ1) is 25.3. The topological polar surface area (TPSA) is 122 Å². The lowest BCUT2D eigenvalue weighted by Gasteiger charge is -2.10. The van der Waals surface area contributed by atoms with E-state index < -0.39 is 16.8 Å². The highest BCUT2D eigenvalue weighted by Crippen LogP contribution is 2.29. The van der Waals surface area contributed by atoms with Crippen LogP contribution < -0.4 is 10.1 Å². The fourth-order valence-corrected chi connectivity index (χ4v) is 4.09. The molecule has 0 aliphatic rings. The number of carbonyl (C=O) groups excluding carboxylic acids is 2. The van der Waals surface area contributed by atoms with Crippen LogP contribution in [-0.2, 0) is 4.79 Å². The van der Waals surface area contributed by atoms with E-state index in [9.17, 15) is 25.0 Å². The number of nitro groups is 1. The quantitative estimate of drug-likeness (QED) is 0.0715. The fourth-order valence-electron chi connectivity index (χ4n) is 3.61. The van der Waals surface area contributed by atoms with Crippen molar-refractivity contribution in [3.8, 4) is 11.8 Å². The van der Waals surface area contributed by atoms with Crippen molar-refractivity contribution in [1.82, 2.24) is 0 Å². The van der Waals surface area contributed by atoms with Crippen LogP contribution in [0.25, 0.3) is 16.8 Å². The van der Waals surface area contributed by atoms with Crippen LogP contribution >= 0.6 is 15.9 Å². The number of rotatable bonds is 6. The molecule has 0 radical (unpaired) electrons. The van der Waals surface area contributed by atoms with Gasteiger partial charge in [0.05, 0.1) is 20.6 Å². The van der Waals surface area contributed by atoms with Crippen LogP contribution in [0.2, 0.25) is 0 Å². The molecule has 4 aromatic carbocycles. The third-order valence-corrected chi connectivity index (χ3v) is 6.14. The molecule has 182 valence electrons. The number of esters is 1. The minimum Gasteiger partial charge on any atom is -0.422 e. The predicted octanol–water partition coefficient (Wildman–Crippen LogP) is 6.58. The van der Waals surface area contributed by atoms with E-state index in [4.69, 9.17) is 4.74 Å². The van der Waals surface area contributed by atoms with E-state index >= 15 is 0 Å². The summed E-state index contributed by atoms with van der Waals surface area (Å²) in [6, 6.07) is 23.6. The minimum atomic E-state index is -0.714. The number of aryl methyl sites for hydroxylation is 1. The largest absolute Gasteiger partial charge is 0.422 e. The van der Waals surface area contributed by atoms with Gasteiger partial charge in [0.15, 0.2) is 0 Å². The molecular weight excluding hydrogens is 538 g/mol. The van der Waals surface area contributed by atoms with Crippen LogP contribution in [0.15, 0.2) is 88.9 Å². The summed E-state index contributed by atoms with van der Waals surface area (Å²) < 4.78 is 6.04. The standard InChI is InChI=1S/C28H18BrN3O5/c1-17-9-11-21(32(35)36)15-25(17)31-27(33)20(16-30)13-18-10-12-26(24(29)14-18)37-28(34)23-8-4-6-19-5-2-3-7-22(19)23/h2-15H,1H3,(H,31,33)/b20-13+. The average Bonchev–Trinajstić information content (AvgIpc) is 2.89.